The minimum atomic E-state index is -0.409. The van der Waals surface area contributed by atoms with E-state index in [-0.39, 0.29) is 11.7 Å². The Labute approximate surface area is 161 Å². The SMILES string of the molecule is CC(=O)Oc1ccc(NC(=O)C=Cc2cnn(C)c2-c2ccc(F)cc2)cc1. The molecule has 6 nitrogen and oxygen atoms in total. The third kappa shape index (κ3) is 4.70. The zero-order valence-corrected chi connectivity index (χ0v) is 15.3. The average molecular weight is 379 g/mol. The van der Waals surface area contributed by atoms with E-state index in [0.717, 1.165) is 16.8 Å². The lowest BCUT2D eigenvalue weighted by Crippen LogP contribution is -2.08. The molecule has 0 aliphatic carbocycles. The highest BCUT2D eigenvalue weighted by molar-refractivity contribution is 6.02. The molecule has 0 saturated carbocycles. The van der Waals surface area contributed by atoms with Crippen molar-refractivity contribution in [2.75, 3.05) is 5.32 Å². The van der Waals surface area contributed by atoms with Gasteiger partial charge in [0.15, 0.2) is 0 Å². The summed E-state index contributed by atoms with van der Waals surface area (Å²) >= 11 is 0. The Bertz CT molecular complexity index is 1020. The lowest BCUT2D eigenvalue weighted by Gasteiger charge is -2.05. The van der Waals surface area contributed by atoms with Crippen LogP contribution in [0.25, 0.3) is 17.3 Å². The highest BCUT2D eigenvalue weighted by Crippen LogP contribution is 2.24. The van der Waals surface area contributed by atoms with E-state index in [1.165, 1.54) is 25.1 Å². The van der Waals surface area contributed by atoms with Gasteiger partial charge in [0, 0.05) is 36.9 Å². The smallest absolute Gasteiger partial charge is 0.308 e. The Kier molecular flexibility index (Phi) is 5.64. The van der Waals surface area contributed by atoms with Gasteiger partial charge in [-0.15, -0.1) is 0 Å². The maximum Gasteiger partial charge on any atom is 0.308 e. The number of esters is 1. The number of hydrogen-bond acceptors (Lipinski definition) is 4. The molecular weight excluding hydrogens is 361 g/mol. The molecule has 142 valence electrons. The number of hydrogen-bond donors (Lipinski definition) is 1. The molecule has 0 saturated heterocycles. The van der Waals surface area contributed by atoms with Crippen LogP contribution in [0.3, 0.4) is 0 Å². The number of aryl methyl sites for hydroxylation is 1. The molecule has 1 amide bonds. The van der Waals surface area contributed by atoms with Gasteiger partial charge in [-0.05, 0) is 54.6 Å². The average Bonchev–Trinajstić information content (AvgIpc) is 3.02. The molecule has 1 N–H and O–H groups in total. The maximum atomic E-state index is 13.2. The van der Waals surface area contributed by atoms with Crippen LogP contribution in [0.1, 0.15) is 12.5 Å². The standard InChI is InChI=1S/C21H18FN3O3/c1-14(26)28-19-10-8-18(9-11-19)24-20(27)12-5-16-13-23-25(2)21(16)15-3-6-17(22)7-4-15/h3-13H,1-2H3,(H,24,27). The summed E-state index contributed by atoms with van der Waals surface area (Å²) < 4.78 is 19.8. The molecule has 0 atom stereocenters. The summed E-state index contributed by atoms with van der Waals surface area (Å²) in [7, 11) is 1.78. The molecule has 0 fully saturated rings. The second-order valence-electron chi connectivity index (χ2n) is 6.02. The number of carbonyl (C=O) groups excluding carboxylic acids is 2. The first-order valence-electron chi connectivity index (χ1n) is 8.48. The monoisotopic (exact) mass is 379 g/mol. The van der Waals surface area contributed by atoms with Gasteiger partial charge < -0.3 is 10.1 Å². The van der Waals surface area contributed by atoms with Crippen molar-refractivity contribution in [2.24, 2.45) is 7.05 Å². The predicted octanol–water partition coefficient (Wildman–Crippen LogP) is 3.80. The molecule has 2 aromatic carbocycles. The van der Waals surface area contributed by atoms with E-state index >= 15 is 0 Å². The summed E-state index contributed by atoms with van der Waals surface area (Å²) in [6.07, 6.45) is 4.68. The second-order valence-corrected chi connectivity index (χ2v) is 6.02. The van der Waals surface area contributed by atoms with E-state index in [2.05, 4.69) is 10.4 Å². The fourth-order valence-corrected chi connectivity index (χ4v) is 2.66. The number of rotatable bonds is 5. The van der Waals surface area contributed by atoms with Crippen LogP contribution in [0.2, 0.25) is 0 Å². The van der Waals surface area contributed by atoms with Crippen molar-refractivity contribution in [1.82, 2.24) is 9.78 Å². The molecule has 0 spiro atoms. The van der Waals surface area contributed by atoms with E-state index in [4.69, 9.17) is 4.74 Å². The molecule has 0 unspecified atom stereocenters. The van der Waals surface area contributed by atoms with E-state index in [9.17, 15) is 14.0 Å². The summed E-state index contributed by atoms with van der Waals surface area (Å²) in [5.74, 6) is -0.648. The third-order valence-corrected chi connectivity index (χ3v) is 3.88. The molecule has 1 heterocycles. The van der Waals surface area contributed by atoms with Crippen LogP contribution in [-0.4, -0.2) is 21.7 Å². The Morgan fingerprint density at radius 1 is 1.11 bits per heavy atom. The zero-order chi connectivity index (χ0) is 20.1. The lowest BCUT2D eigenvalue weighted by molar-refractivity contribution is -0.131. The second kappa shape index (κ2) is 8.30. The highest BCUT2D eigenvalue weighted by atomic mass is 19.1. The molecule has 1 aromatic heterocycles. The van der Waals surface area contributed by atoms with E-state index in [1.807, 2.05) is 0 Å². The summed E-state index contributed by atoms with van der Waals surface area (Å²) in [4.78, 5) is 23.1. The van der Waals surface area contributed by atoms with Crippen molar-refractivity contribution in [3.63, 3.8) is 0 Å². The molecule has 0 aliphatic heterocycles. The van der Waals surface area contributed by atoms with Gasteiger partial charge in [-0.25, -0.2) is 4.39 Å². The molecule has 0 bridgehead atoms. The number of ether oxygens (including phenoxy) is 1. The van der Waals surface area contributed by atoms with Crippen molar-refractivity contribution in [3.05, 3.63) is 72.2 Å². The summed E-state index contributed by atoms with van der Waals surface area (Å²) in [6.45, 7) is 1.32. The van der Waals surface area contributed by atoms with Crippen molar-refractivity contribution in [1.29, 1.82) is 0 Å². The largest absolute Gasteiger partial charge is 0.427 e. The van der Waals surface area contributed by atoms with Crippen molar-refractivity contribution in [3.8, 4) is 17.0 Å². The van der Waals surface area contributed by atoms with Crippen LogP contribution in [0, 0.1) is 5.82 Å². The number of amides is 1. The first kappa shape index (κ1) is 19.0. The normalized spacial score (nSPS) is 10.8. The van der Waals surface area contributed by atoms with Gasteiger partial charge in [0.25, 0.3) is 0 Å². The molecule has 3 aromatic rings. The van der Waals surface area contributed by atoms with Crippen LogP contribution in [0.5, 0.6) is 5.75 Å². The Morgan fingerprint density at radius 2 is 1.79 bits per heavy atom. The number of benzene rings is 2. The van der Waals surface area contributed by atoms with Crippen LogP contribution in [0.15, 0.2) is 60.8 Å². The summed E-state index contributed by atoms with van der Waals surface area (Å²) in [5, 5.41) is 6.93. The van der Waals surface area contributed by atoms with Gasteiger partial charge in [-0.3, -0.25) is 14.3 Å². The van der Waals surface area contributed by atoms with Gasteiger partial charge >= 0.3 is 5.97 Å². The van der Waals surface area contributed by atoms with Gasteiger partial charge in [0.2, 0.25) is 5.91 Å². The van der Waals surface area contributed by atoms with E-state index < -0.39 is 5.97 Å². The van der Waals surface area contributed by atoms with Crippen LogP contribution >= 0.6 is 0 Å². The summed E-state index contributed by atoms with van der Waals surface area (Å²) in [6, 6.07) is 12.5. The Balaban J connectivity index is 1.71. The Morgan fingerprint density at radius 3 is 2.43 bits per heavy atom. The molecule has 0 radical (unpaired) electrons. The van der Waals surface area contributed by atoms with Crippen LogP contribution in [-0.2, 0) is 16.6 Å². The number of aromatic nitrogens is 2. The van der Waals surface area contributed by atoms with Crippen LogP contribution < -0.4 is 10.1 Å². The van der Waals surface area contributed by atoms with Crippen LogP contribution in [0.4, 0.5) is 10.1 Å². The molecular formula is C21H18FN3O3. The molecule has 3 rings (SSSR count). The van der Waals surface area contributed by atoms with Gasteiger partial charge in [0.05, 0.1) is 11.9 Å². The van der Waals surface area contributed by atoms with Crippen molar-refractivity contribution < 1.29 is 18.7 Å². The third-order valence-electron chi connectivity index (χ3n) is 3.88. The number of carbonyl (C=O) groups is 2. The number of nitrogens with one attached hydrogen (secondary N) is 1. The zero-order valence-electron chi connectivity index (χ0n) is 15.3. The number of anilines is 1. The van der Waals surface area contributed by atoms with Crippen molar-refractivity contribution in [2.45, 2.75) is 6.92 Å². The van der Waals surface area contributed by atoms with Gasteiger partial charge in [0.1, 0.15) is 11.6 Å². The maximum absolute atomic E-state index is 13.2. The fourth-order valence-electron chi connectivity index (χ4n) is 2.66. The van der Waals surface area contributed by atoms with Crippen molar-refractivity contribution >= 4 is 23.6 Å². The fraction of sp³-hybridized carbons (Fsp3) is 0.0952. The number of halogens is 1. The topological polar surface area (TPSA) is 73.2 Å². The lowest BCUT2D eigenvalue weighted by atomic mass is 10.1. The first-order valence-corrected chi connectivity index (χ1v) is 8.48. The quantitative estimate of drug-likeness (QED) is 0.416. The molecule has 0 aliphatic rings. The Hall–Kier alpha value is -3.74. The molecule has 28 heavy (non-hydrogen) atoms. The molecule has 7 heteroatoms. The first-order chi connectivity index (χ1) is 13.4. The highest BCUT2D eigenvalue weighted by Gasteiger charge is 2.09. The summed E-state index contributed by atoms with van der Waals surface area (Å²) in [5.41, 5.74) is 2.86. The van der Waals surface area contributed by atoms with Gasteiger partial charge in [-0.2, -0.15) is 5.10 Å². The van der Waals surface area contributed by atoms with Gasteiger partial charge in [-0.1, -0.05) is 0 Å². The number of nitrogens with zero attached hydrogens (tertiary/aromatic N) is 2. The van der Waals surface area contributed by atoms with E-state index in [0.29, 0.717) is 11.4 Å². The minimum Gasteiger partial charge on any atom is -0.427 e. The predicted molar refractivity (Wildman–Crippen MR) is 104 cm³/mol. The van der Waals surface area contributed by atoms with E-state index in [1.54, 1.807) is 60.4 Å². The minimum absolute atomic E-state index is 0.317.